The van der Waals surface area contributed by atoms with Gasteiger partial charge in [0.15, 0.2) is 0 Å². The normalized spacial score (nSPS) is 18.7. The van der Waals surface area contributed by atoms with E-state index in [2.05, 4.69) is 0 Å². The highest BCUT2D eigenvalue weighted by Crippen LogP contribution is 2.48. The van der Waals surface area contributed by atoms with Gasteiger partial charge in [0, 0.05) is 4.90 Å². The Kier molecular flexibility index (Phi) is 4.30. The van der Waals surface area contributed by atoms with Gasteiger partial charge >= 0.3 is 12.1 Å². The Morgan fingerprint density at radius 2 is 1.86 bits per heavy atom. The van der Waals surface area contributed by atoms with Crippen molar-refractivity contribution in [1.29, 1.82) is 0 Å². The Bertz CT molecular complexity index is 660. The molecule has 22 heavy (non-hydrogen) atoms. The number of carboxylic acids is 1. The van der Waals surface area contributed by atoms with Crippen molar-refractivity contribution in [2.24, 2.45) is 0 Å². The van der Waals surface area contributed by atoms with Gasteiger partial charge < -0.3 is 5.11 Å². The Balaban J connectivity index is 2.64. The number of aliphatic carboxylic acids is 1. The molecule has 1 aromatic rings. The molecule has 1 N–H and O–H groups in total. The van der Waals surface area contributed by atoms with Crippen LogP contribution in [0.15, 0.2) is 22.6 Å². The molecule has 0 radical (unpaired) electrons. The van der Waals surface area contributed by atoms with Crippen molar-refractivity contribution < 1.29 is 23.1 Å². The van der Waals surface area contributed by atoms with Crippen molar-refractivity contribution in [2.45, 2.75) is 42.5 Å². The fourth-order valence-electron chi connectivity index (χ4n) is 2.12. The average molecular weight is 351 g/mol. The smallest absolute Gasteiger partial charge is 0.405 e. The lowest BCUT2D eigenvalue weighted by molar-refractivity contribution is -0.140. The number of rotatable bonds is 1. The van der Waals surface area contributed by atoms with Gasteiger partial charge in [-0.3, -0.25) is 0 Å². The molecule has 0 aromatic heterocycles. The lowest BCUT2D eigenvalue weighted by Gasteiger charge is -2.28. The maximum Gasteiger partial charge on any atom is 0.405 e. The zero-order chi connectivity index (χ0) is 16.9. The van der Waals surface area contributed by atoms with E-state index in [1.165, 1.54) is 0 Å². The molecule has 7 heteroatoms. The topological polar surface area (TPSA) is 37.3 Å². The summed E-state index contributed by atoms with van der Waals surface area (Å²) in [5.74, 6) is -1.57. The van der Waals surface area contributed by atoms with Crippen molar-refractivity contribution in [1.82, 2.24) is 0 Å². The summed E-state index contributed by atoms with van der Waals surface area (Å²) in [6.07, 6.45) is -3.58. The maximum absolute atomic E-state index is 13.1. The Hall–Kier alpha value is -1.14. The fraction of sp³-hybridized carbons (Fsp3) is 0.400. The largest absolute Gasteiger partial charge is 0.478 e. The van der Waals surface area contributed by atoms with Gasteiger partial charge in [0.1, 0.15) is 5.25 Å². The van der Waals surface area contributed by atoms with E-state index in [0.29, 0.717) is 17.3 Å². The highest BCUT2D eigenvalue weighted by molar-refractivity contribution is 8.00. The molecular weight excluding hydrogens is 337 g/mol. The number of carbonyl (C=O) groups is 1. The van der Waals surface area contributed by atoms with E-state index in [1.807, 2.05) is 20.8 Å². The summed E-state index contributed by atoms with van der Waals surface area (Å²) in [6, 6.07) is 3.34. The molecule has 0 saturated carbocycles. The third-order valence-corrected chi connectivity index (χ3v) is 5.17. The van der Waals surface area contributed by atoms with E-state index in [9.17, 15) is 18.0 Å². The second-order valence-corrected chi connectivity index (χ2v) is 7.59. The summed E-state index contributed by atoms with van der Waals surface area (Å²) in [6.45, 7) is 5.84. The highest BCUT2D eigenvalue weighted by Gasteiger charge is 2.47. The van der Waals surface area contributed by atoms with Crippen molar-refractivity contribution in [3.05, 3.63) is 33.9 Å². The first-order chi connectivity index (χ1) is 9.91. The summed E-state index contributed by atoms with van der Waals surface area (Å²) < 4.78 is 39.2. The lowest BCUT2D eigenvalue weighted by Crippen LogP contribution is -2.32. The molecule has 1 unspecified atom stereocenters. The van der Waals surface area contributed by atoms with Gasteiger partial charge in [-0.05, 0) is 34.8 Å². The van der Waals surface area contributed by atoms with Gasteiger partial charge in [-0.15, -0.1) is 11.8 Å². The molecule has 1 aliphatic rings. The number of fused-ring (bicyclic) bond motifs is 1. The first kappa shape index (κ1) is 17.2. The molecule has 1 heterocycles. The van der Waals surface area contributed by atoms with Crippen molar-refractivity contribution in [2.75, 3.05) is 0 Å². The molecule has 0 bridgehead atoms. The molecular formula is C15H14ClF3O2S. The zero-order valence-electron chi connectivity index (χ0n) is 12.1. The summed E-state index contributed by atoms with van der Waals surface area (Å²) in [5, 5.41) is 7.18. The predicted molar refractivity (Wildman–Crippen MR) is 81.5 cm³/mol. The highest BCUT2D eigenvalue weighted by atomic mass is 35.5. The third kappa shape index (κ3) is 3.27. The maximum atomic E-state index is 13.1. The van der Waals surface area contributed by atoms with E-state index >= 15 is 0 Å². The van der Waals surface area contributed by atoms with Gasteiger partial charge in [-0.2, -0.15) is 13.2 Å². The van der Waals surface area contributed by atoms with Gasteiger partial charge in [0.25, 0.3) is 0 Å². The standard InChI is InChI=1S/C15H14ClF3O2S/c1-14(2,3)8-4-7-5-9(13(20)21)12(15(17,18)19)22-11(7)10(16)6-8/h4-6,12H,1-3H3,(H,20,21). The van der Waals surface area contributed by atoms with Crippen molar-refractivity contribution in [3.8, 4) is 0 Å². The Labute approximate surface area is 135 Å². The van der Waals surface area contributed by atoms with Crippen molar-refractivity contribution in [3.63, 3.8) is 0 Å². The predicted octanol–water partition coefficient (Wildman–Crippen LogP) is 5.14. The molecule has 0 saturated heterocycles. The molecule has 0 fully saturated rings. The molecule has 1 aliphatic heterocycles. The van der Waals surface area contributed by atoms with Gasteiger partial charge in [-0.1, -0.05) is 32.4 Å². The third-order valence-electron chi connectivity index (χ3n) is 3.31. The summed E-state index contributed by atoms with van der Waals surface area (Å²) in [7, 11) is 0. The van der Waals surface area contributed by atoms with Gasteiger partial charge in [0.2, 0.25) is 0 Å². The second kappa shape index (κ2) is 5.49. The van der Waals surface area contributed by atoms with E-state index in [1.54, 1.807) is 12.1 Å². The number of alkyl halides is 3. The van der Waals surface area contributed by atoms with Gasteiger partial charge in [-0.25, -0.2) is 4.79 Å². The second-order valence-electron chi connectivity index (χ2n) is 6.07. The SMILES string of the molecule is CC(C)(C)c1cc(Cl)c2c(c1)C=C(C(=O)O)C(C(F)(F)F)S2. The minimum atomic E-state index is -4.65. The minimum absolute atomic E-state index is 0.211. The Morgan fingerprint density at radius 3 is 2.32 bits per heavy atom. The summed E-state index contributed by atoms with van der Waals surface area (Å²) >= 11 is 6.57. The minimum Gasteiger partial charge on any atom is -0.478 e. The van der Waals surface area contributed by atoms with Crippen LogP contribution in [0, 0.1) is 0 Å². The van der Waals surface area contributed by atoms with Crippen LogP contribution in [0.3, 0.4) is 0 Å². The molecule has 0 amide bonds. The van der Waals surface area contributed by atoms with Crippen molar-refractivity contribution >= 4 is 35.4 Å². The van der Waals surface area contributed by atoms with Gasteiger partial charge in [0.05, 0.1) is 10.6 Å². The van der Waals surface area contributed by atoms with Crippen LogP contribution in [0.5, 0.6) is 0 Å². The molecule has 120 valence electrons. The van der Waals surface area contributed by atoms with E-state index in [0.717, 1.165) is 11.6 Å². The number of hydrogen-bond acceptors (Lipinski definition) is 2. The molecule has 0 aliphatic carbocycles. The van der Waals surface area contributed by atoms with Crippen LogP contribution >= 0.6 is 23.4 Å². The van der Waals surface area contributed by atoms with Crippen LogP contribution < -0.4 is 0 Å². The van der Waals surface area contributed by atoms with Crippen LogP contribution in [0.1, 0.15) is 31.9 Å². The molecule has 1 aromatic carbocycles. The average Bonchev–Trinajstić information content (AvgIpc) is 2.34. The van der Waals surface area contributed by atoms with E-state index in [4.69, 9.17) is 16.7 Å². The van der Waals surface area contributed by atoms with E-state index in [-0.39, 0.29) is 15.3 Å². The van der Waals surface area contributed by atoms with Crippen LogP contribution in [0.25, 0.3) is 6.08 Å². The van der Waals surface area contributed by atoms with Crippen LogP contribution in [0.2, 0.25) is 5.02 Å². The number of thioether (sulfide) groups is 1. The van der Waals surface area contributed by atoms with Crippen LogP contribution in [-0.4, -0.2) is 22.5 Å². The number of benzene rings is 1. The lowest BCUT2D eigenvalue weighted by atomic mass is 9.86. The zero-order valence-corrected chi connectivity index (χ0v) is 13.7. The first-order valence-electron chi connectivity index (χ1n) is 6.43. The summed E-state index contributed by atoms with van der Waals surface area (Å²) in [5.41, 5.74) is 0.331. The fourth-order valence-corrected chi connectivity index (χ4v) is 3.57. The summed E-state index contributed by atoms with van der Waals surface area (Å²) in [4.78, 5) is 11.4. The molecule has 0 spiro atoms. The Morgan fingerprint density at radius 1 is 1.27 bits per heavy atom. The number of hydrogen-bond donors (Lipinski definition) is 1. The first-order valence-corrected chi connectivity index (χ1v) is 7.69. The molecule has 1 atom stereocenters. The number of carboxylic acid groups (broad SMARTS) is 1. The molecule has 2 nitrogen and oxygen atoms in total. The van der Waals surface area contributed by atoms with Crippen LogP contribution in [-0.2, 0) is 10.2 Å². The van der Waals surface area contributed by atoms with Crippen LogP contribution in [0.4, 0.5) is 13.2 Å². The quantitative estimate of drug-likeness (QED) is 0.761. The number of halogens is 4. The molecule has 2 rings (SSSR count). The monoisotopic (exact) mass is 350 g/mol. The van der Waals surface area contributed by atoms with E-state index < -0.39 is 23.0 Å².